The van der Waals surface area contributed by atoms with Gasteiger partial charge in [0, 0.05) is 0 Å². The summed E-state index contributed by atoms with van der Waals surface area (Å²) in [5, 5.41) is 0. The molecular weight excluding hydrogens is 336 g/mol. The van der Waals surface area contributed by atoms with E-state index in [0.717, 1.165) is 12.8 Å². The summed E-state index contributed by atoms with van der Waals surface area (Å²) in [5.74, 6) is 0. The Hall–Kier alpha value is -2.86. The highest BCUT2D eigenvalue weighted by Crippen LogP contribution is 2.50. The van der Waals surface area contributed by atoms with Gasteiger partial charge in [-0.25, -0.2) is 0 Å². The Morgan fingerprint density at radius 2 is 1.11 bits per heavy atom. The average Bonchev–Trinajstić information content (AvgIpc) is 3.24. The Balaban J connectivity index is 2.01. The summed E-state index contributed by atoms with van der Waals surface area (Å²) in [5.41, 5.74) is 6.71. The van der Waals surface area contributed by atoms with Gasteiger partial charge in [-0.3, -0.25) is 0 Å². The predicted molar refractivity (Wildman–Crippen MR) is 120 cm³/mol. The van der Waals surface area contributed by atoms with Crippen molar-refractivity contribution in [1.82, 2.24) is 0 Å². The first-order valence-electron chi connectivity index (χ1n) is 10.4. The van der Waals surface area contributed by atoms with Crippen LogP contribution in [-0.2, 0) is 5.41 Å². The monoisotopic (exact) mass is 364 g/mol. The third kappa shape index (κ3) is 3.24. The molecule has 140 valence electrons. The molecular formula is C28H28. The first kappa shape index (κ1) is 18.5. The SMILES string of the molecule is CCCCC1=CCC=C1C(c1ccccc1)(c1ccccc1)c1ccccc1. The maximum atomic E-state index is 2.46. The molecule has 3 aromatic rings. The molecule has 28 heavy (non-hydrogen) atoms. The molecule has 4 rings (SSSR count). The Morgan fingerprint density at radius 1 is 0.643 bits per heavy atom. The van der Waals surface area contributed by atoms with Crippen LogP contribution in [0.3, 0.4) is 0 Å². The Labute approximate surface area is 169 Å². The molecule has 0 N–H and O–H groups in total. The third-order valence-corrected chi connectivity index (χ3v) is 5.86. The van der Waals surface area contributed by atoms with Crippen molar-refractivity contribution in [2.45, 2.75) is 38.0 Å². The second-order valence-electron chi connectivity index (χ2n) is 7.53. The van der Waals surface area contributed by atoms with Crippen molar-refractivity contribution < 1.29 is 0 Å². The van der Waals surface area contributed by atoms with E-state index in [4.69, 9.17) is 0 Å². The Kier molecular flexibility index (Phi) is 5.58. The molecule has 0 unspecified atom stereocenters. The van der Waals surface area contributed by atoms with Crippen molar-refractivity contribution in [2.75, 3.05) is 0 Å². The van der Waals surface area contributed by atoms with Gasteiger partial charge in [0.15, 0.2) is 0 Å². The summed E-state index contributed by atoms with van der Waals surface area (Å²) in [6.45, 7) is 2.28. The zero-order valence-electron chi connectivity index (χ0n) is 16.6. The van der Waals surface area contributed by atoms with Gasteiger partial charge < -0.3 is 0 Å². The highest BCUT2D eigenvalue weighted by atomic mass is 14.4. The van der Waals surface area contributed by atoms with E-state index in [1.54, 1.807) is 0 Å². The lowest BCUT2D eigenvalue weighted by molar-refractivity contribution is 0.706. The molecule has 0 heteroatoms. The third-order valence-electron chi connectivity index (χ3n) is 5.86. The van der Waals surface area contributed by atoms with Crippen molar-refractivity contribution in [2.24, 2.45) is 0 Å². The van der Waals surface area contributed by atoms with Gasteiger partial charge in [0.25, 0.3) is 0 Å². The highest BCUT2D eigenvalue weighted by molar-refractivity contribution is 5.64. The Bertz CT molecular complexity index is 850. The molecule has 0 fully saturated rings. The van der Waals surface area contributed by atoms with Gasteiger partial charge in [0.2, 0.25) is 0 Å². The molecule has 0 spiro atoms. The maximum Gasteiger partial charge on any atom is 0.0701 e. The topological polar surface area (TPSA) is 0 Å². The quantitative estimate of drug-likeness (QED) is 0.381. The largest absolute Gasteiger partial charge is 0.0772 e. The molecule has 0 atom stereocenters. The number of hydrogen-bond acceptors (Lipinski definition) is 0. The van der Waals surface area contributed by atoms with Gasteiger partial charge >= 0.3 is 0 Å². The lowest BCUT2D eigenvalue weighted by Gasteiger charge is -2.39. The number of hydrogen-bond donors (Lipinski definition) is 0. The van der Waals surface area contributed by atoms with Crippen LogP contribution < -0.4 is 0 Å². The minimum Gasteiger partial charge on any atom is -0.0772 e. The van der Waals surface area contributed by atoms with Gasteiger partial charge in [-0.2, -0.15) is 0 Å². The summed E-state index contributed by atoms with van der Waals surface area (Å²) in [7, 11) is 0. The van der Waals surface area contributed by atoms with Crippen molar-refractivity contribution in [1.29, 1.82) is 0 Å². The van der Waals surface area contributed by atoms with Gasteiger partial charge in [0.05, 0.1) is 5.41 Å². The second-order valence-corrected chi connectivity index (χ2v) is 7.53. The normalized spacial score (nSPS) is 13.9. The van der Waals surface area contributed by atoms with E-state index < -0.39 is 0 Å². The van der Waals surface area contributed by atoms with Crippen molar-refractivity contribution >= 4 is 0 Å². The molecule has 0 aliphatic heterocycles. The smallest absolute Gasteiger partial charge is 0.0701 e. The minimum absolute atomic E-state index is 0.278. The van der Waals surface area contributed by atoms with Crippen LogP contribution in [0.1, 0.15) is 49.3 Å². The van der Waals surface area contributed by atoms with E-state index in [9.17, 15) is 0 Å². The van der Waals surface area contributed by atoms with Crippen LogP contribution in [0.15, 0.2) is 114 Å². The van der Waals surface area contributed by atoms with Gasteiger partial charge in [-0.1, -0.05) is 116 Å². The summed E-state index contributed by atoms with van der Waals surface area (Å²) >= 11 is 0. The summed E-state index contributed by atoms with van der Waals surface area (Å²) in [6.07, 6.45) is 9.53. The Morgan fingerprint density at radius 3 is 1.54 bits per heavy atom. The molecule has 1 aliphatic carbocycles. The minimum atomic E-state index is -0.278. The number of unbranched alkanes of at least 4 members (excludes halogenated alkanes) is 1. The van der Waals surface area contributed by atoms with E-state index in [-0.39, 0.29) is 5.41 Å². The highest BCUT2D eigenvalue weighted by Gasteiger charge is 2.41. The van der Waals surface area contributed by atoms with Gasteiger partial charge in [-0.15, -0.1) is 0 Å². The molecule has 1 aliphatic rings. The molecule has 3 aromatic carbocycles. The molecule has 0 saturated heterocycles. The summed E-state index contributed by atoms with van der Waals surface area (Å²) in [4.78, 5) is 0. The number of rotatable bonds is 7. The molecule has 0 bridgehead atoms. The summed E-state index contributed by atoms with van der Waals surface area (Å²) in [6, 6.07) is 33.1. The lowest BCUT2D eigenvalue weighted by atomic mass is 9.63. The molecule has 0 aromatic heterocycles. The fourth-order valence-corrected chi connectivity index (χ4v) is 4.59. The summed E-state index contributed by atoms with van der Waals surface area (Å²) < 4.78 is 0. The van der Waals surface area contributed by atoms with E-state index in [1.165, 1.54) is 40.7 Å². The van der Waals surface area contributed by atoms with E-state index in [2.05, 4.69) is 110 Å². The van der Waals surface area contributed by atoms with Crippen molar-refractivity contribution in [3.63, 3.8) is 0 Å². The van der Waals surface area contributed by atoms with Crippen LogP contribution in [0, 0.1) is 0 Å². The van der Waals surface area contributed by atoms with Crippen molar-refractivity contribution in [3.05, 3.63) is 131 Å². The van der Waals surface area contributed by atoms with Crippen LogP contribution in [-0.4, -0.2) is 0 Å². The van der Waals surface area contributed by atoms with E-state index in [1.807, 2.05) is 0 Å². The van der Waals surface area contributed by atoms with E-state index >= 15 is 0 Å². The predicted octanol–water partition coefficient (Wildman–Crippen LogP) is 7.47. The lowest BCUT2D eigenvalue weighted by Crippen LogP contribution is -2.32. The van der Waals surface area contributed by atoms with E-state index in [0.29, 0.717) is 0 Å². The standard InChI is InChI=1S/C28H28/c1-2-3-14-23-15-13-22-27(23)28(24-16-7-4-8-17-24,25-18-9-5-10-19-25)26-20-11-6-12-21-26/h4-12,15-22H,2-3,13-14H2,1H3. The molecule has 0 nitrogen and oxygen atoms in total. The fraction of sp³-hybridized carbons (Fsp3) is 0.214. The van der Waals surface area contributed by atoms with Crippen LogP contribution in [0.25, 0.3) is 0 Å². The molecule has 0 heterocycles. The van der Waals surface area contributed by atoms with Crippen LogP contribution in [0.5, 0.6) is 0 Å². The molecule has 0 saturated carbocycles. The first-order valence-corrected chi connectivity index (χ1v) is 10.4. The van der Waals surface area contributed by atoms with Crippen LogP contribution >= 0.6 is 0 Å². The van der Waals surface area contributed by atoms with Crippen LogP contribution in [0.4, 0.5) is 0 Å². The number of allylic oxidation sites excluding steroid dienone is 4. The zero-order chi connectivity index (χ0) is 19.2. The van der Waals surface area contributed by atoms with Gasteiger partial charge in [-0.05, 0) is 47.1 Å². The molecule has 0 radical (unpaired) electrons. The fourth-order valence-electron chi connectivity index (χ4n) is 4.59. The van der Waals surface area contributed by atoms with Crippen molar-refractivity contribution in [3.8, 4) is 0 Å². The first-order chi connectivity index (χ1) is 13.9. The number of benzene rings is 3. The second kappa shape index (κ2) is 8.44. The van der Waals surface area contributed by atoms with Crippen LogP contribution in [0.2, 0.25) is 0 Å². The zero-order valence-corrected chi connectivity index (χ0v) is 16.6. The molecule has 0 amide bonds. The average molecular weight is 365 g/mol. The van der Waals surface area contributed by atoms with Gasteiger partial charge in [0.1, 0.15) is 0 Å². The maximum absolute atomic E-state index is 2.46.